The standard InChI is InChI=1S/C23H34N2O/c1-19(2)9-6-10-20(3)11-7-12-21(4)13-8-14-22(5)17-23(26)25-16-15-24-18-25/h9,11,13,15-18H,6-8,10,12,14H2,1-5H3/b20-11+,21-13+,22-17+. The number of hydrogen-bond donors (Lipinski definition) is 0. The van der Waals surface area contributed by atoms with Gasteiger partial charge in [0, 0.05) is 18.5 Å². The van der Waals surface area contributed by atoms with Crippen LogP contribution in [0.5, 0.6) is 0 Å². The first-order chi connectivity index (χ1) is 12.4. The van der Waals surface area contributed by atoms with Gasteiger partial charge in [0.15, 0.2) is 0 Å². The molecule has 0 aliphatic rings. The van der Waals surface area contributed by atoms with Crippen LogP contribution in [0.4, 0.5) is 0 Å². The predicted octanol–water partition coefficient (Wildman–Crippen LogP) is 6.67. The molecule has 0 amide bonds. The van der Waals surface area contributed by atoms with Gasteiger partial charge in [-0.3, -0.25) is 9.36 Å². The molecule has 0 N–H and O–H groups in total. The van der Waals surface area contributed by atoms with Gasteiger partial charge in [-0.1, -0.05) is 40.5 Å². The lowest BCUT2D eigenvalue weighted by atomic mass is 10.0. The van der Waals surface area contributed by atoms with Crippen molar-refractivity contribution in [1.29, 1.82) is 0 Å². The number of allylic oxidation sites excluding steroid dienone is 8. The zero-order valence-electron chi connectivity index (χ0n) is 17.1. The maximum atomic E-state index is 12.0. The summed E-state index contributed by atoms with van der Waals surface area (Å²) in [4.78, 5) is 15.8. The van der Waals surface area contributed by atoms with E-state index in [0.717, 1.165) is 44.1 Å². The summed E-state index contributed by atoms with van der Waals surface area (Å²) in [6, 6.07) is 0. The molecule has 0 fully saturated rings. The lowest BCUT2D eigenvalue weighted by Crippen LogP contribution is -2.04. The van der Waals surface area contributed by atoms with Gasteiger partial charge in [-0.25, -0.2) is 4.98 Å². The molecule has 0 spiro atoms. The van der Waals surface area contributed by atoms with E-state index in [1.807, 2.05) is 6.92 Å². The molecule has 0 bridgehead atoms. The number of rotatable bonds is 10. The van der Waals surface area contributed by atoms with Crippen LogP contribution in [0.1, 0.15) is 77.9 Å². The fraction of sp³-hybridized carbons (Fsp3) is 0.478. The second-order valence-corrected chi connectivity index (χ2v) is 7.30. The summed E-state index contributed by atoms with van der Waals surface area (Å²) in [5.74, 6) is -0.0329. The van der Waals surface area contributed by atoms with Crippen molar-refractivity contribution in [3.63, 3.8) is 0 Å². The van der Waals surface area contributed by atoms with Crippen LogP contribution in [0.15, 0.2) is 65.3 Å². The van der Waals surface area contributed by atoms with E-state index in [1.165, 1.54) is 27.6 Å². The quantitative estimate of drug-likeness (QED) is 0.347. The molecular weight excluding hydrogens is 320 g/mol. The molecule has 0 unspecified atom stereocenters. The van der Waals surface area contributed by atoms with Crippen molar-refractivity contribution in [2.24, 2.45) is 0 Å². The molecule has 0 aliphatic heterocycles. The van der Waals surface area contributed by atoms with E-state index >= 15 is 0 Å². The Morgan fingerprint density at radius 3 is 1.88 bits per heavy atom. The molecule has 1 heterocycles. The highest BCUT2D eigenvalue weighted by Crippen LogP contribution is 2.13. The molecule has 3 heteroatoms. The van der Waals surface area contributed by atoms with E-state index in [-0.39, 0.29) is 5.91 Å². The summed E-state index contributed by atoms with van der Waals surface area (Å²) < 4.78 is 1.50. The minimum Gasteiger partial charge on any atom is -0.273 e. The Morgan fingerprint density at radius 2 is 1.38 bits per heavy atom. The average Bonchev–Trinajstić information content (AvgIpc) is 3.09. The van der Waals surface area contributed by atoms with E-state index in [2.05, 4.69) is 50.9 Å². The molecule has 1 rings (SSSR count). The van der Waals surface area contributed by atoms with E-state index < -0.39 is 0 Å². The summed E-state index contributed by atoms with van der Waals surface area (Å²) in [6.07, 6.45) is 19.9. The maximum Gasteiger partial charge on any atom is 0.255 e. The number of carbonyl (C=O) groups is 1. The van der Waals surface area contributed by atoms with Crippen molar-refractivity contribution in [3.05, 3.63) is 65.3 Å². The summed E-state index contributed by atoms with van der Waals surface area (Å²) >= 11 is 0. The van der Waals surface area contributed by atoms with Gasteiger partial charge in [-0.2, -0.15) is 0 Å². The second kappa shape index (κ2) is 12.2. The topological polar surface area (TPSA) is 34.9 Å². The summed E-state index contributed by atoms with van der Waals surface area (Å²) in [5.41, 5.74) is 5.40. The Hall–Kier alpha value is -2.16. The molecule has 0 radical (unpaired) electrons. The van der Waals surface area contributed by atoms with Crippen LogP contribution in [0.3, 0.4) is 0 Å². The van der Waals surface area contributed by atoms with Gasteiger partial charge in [-0.05, 0) is 73.1 Å². The van der Waals surface area contributed by atoms with Gasteiger partial charge >= 0.3 is 0 Å². The van der Waals surface area contributed by atoms with Gasteiger partial charge in [0.25, 0.3) is 5.91 Å². The highest BCUT2D eigenvalue weighted by atomic mass is 16.1. The van der Waals surface area contributed by atoms with Gasteiger partial charge in [0.2, 0.25) is 0 Å². The monoisotopic (exact) mass is 354 g/mol. The van der Waals surface area contributed by atoms with Gasteiger partial charge in [0.05, 0.1) is 0 Å². The third-order valence-corrected chi connectivity index (χ3v) is 4.28. The van der Waals surface area contributed by atoms with E-state index in [4.69, 9.17) is 0 Å². The van der Waals surface area contributed by atoms with Gasteiger partial charge in [0.1, 0.15) is 6.33 Å². The smallest absolute Gasteiger partial charge is 0.255 e. The third-order valence-electron chi connectivity index (χ3n) is 4.28. The normalized spacial score (nSPS) is 13.0. The number of carbonyl (C=O) groups excluding carboxylic acids is 1. The molecule has 142 valence electrons. The third kappa shape index (κ3) is 9.97. The highest BCUT2D eigenvalue weighted by molar-refractivity contribution is 5.90. The molecule has 3 nitrogen and oxygen atoms in total. The van der Waals surface area contributed by atoms with Crippen molar-refractivity contribution in [3.8, 4) is 0 Å². The Kier molecular flexibility index (Phi) is 10.3. The maximum absolute atomic E-state index is 12.0. The molecule has 0 aromatic carbocycles. The molecule has 0 atom stereocenters. The van der Waals surface area contributed by atoms with Crippen LogP contribution in [-0.2, 0) is 0 Å². The number of hydrogen-bond acceptors (Lipinski definition) is 2. The molecule has 26 heavy (non-hydrogen) atoms. The van der Waals surface area contributed by atoms with Gasteiger partial charge in [-0.15, -0.1) is 0 Å². The van der Waals surface area contributed by atoms with Crippen LogP contribution in [0.25, 0.3) is 0 Å². The van der Waals surface area contributed by atoms with Crippen LogP contribution >= 0.6 is 0 Å². The zero-order valence-corrected chi connectivity index (χ0v) is 17.1. The highest BCUT2D eigenvalue weighted by Gasteiger charge is 2.00. The van der Waals surface area contributed by atoms with Crippen molar-refractivity contribution in [2.45, 2.75) is 73.1 Å². The SMILES string of the molecule is CC(C)=CCC/C(C)=C/CC/C(C)=C/CC/C(C)=C/C(=O)n1ccnc1. The number of aromatic nitrogens is 2. The van der Waals surface area contributed by atoms with Crippen LogP contribution < -0.4 is 0 Å². The minimum absolute atomic E-state index is 0.0329. The van der Waals surface area contributed by atoms with Crippen molar-refractivity contribution >= 4 is 5.91 Å². The molecule has 0 saturated carbocycles. The lowest BCUT2D eigenvalue weighted by Gasteiger charge is -2.03. The zero-order chi connectivity index (χ0) is 19.4. The van der Waals surface area contributed by atoms with Crippen LogP contribution in [-0.4, -0.2) is 15.5 Å². The Labute approximate surface area is 159 Å². The second-order valence-electron chi connectivity index (χ2n) is 7.30. The first-order valence-corrected chi connectivity index (χ1v) is 9.52. The van der Waals surface area contributed by atoms with E-state index in [0.29, 0.717) is 0 Å². The first kappa shape index (κ1) is 21.9. The van der Waals surface area contributed by atoms with Crippen LogP contribution in [0, 0.1) is 0 Å². The Balaban J connectivity index is 2.30. The van der Waals surface area contributed by atoms with E-state index in [1.54, 1.807) is 18.5 Å². The molecule has 1 aromatic heterocycles. The fourth-order valence-electron chi connectivity index (χ4n) is 2.63. The van der Waals surface area contributed by atoms with Crippen molar-refractivity contribution in [2.75, 3.05) is 0 Å². The molecular formula is C23H34N2O. The lowest BCUT2D eigenvalue weighted by molar-refractivity contribution is 0.0967. The van der Waals surface area contributed by atoms with Crippen molar-refractivity contribution < 1.29 is 4.79 Å². The van der Waals surface area contributed by atoms with Crippen molar-refractivity contribution in [1.82, 2.24) is 9.55 Å². The van der Waals surface area contributed by atoms with Gasteiger partial charge < -0.3 is 0 Å². The van der Waals surface area contributed by atoms with Crippen LogP contribution in [0.2, 0.25) is 0 Å². The molecule has 1 aromatic rings. The predicted molar refractivity (Wildman–Crippen MR) is 111 cm³/mol. The average molecular weight is 355 g/mol. The number of nitrogens with zero attached hydrogens (tertiary/aromatic N) is 2. The largest absolute Gasteiger partial charge is 0.273 e. The fourth-order valence-corrected chi connectivity index (χ4v) is 2.63. The Bertz CT molecular complexity index is 669. The van der Waals surface area contributed by atoms with E-state index in [9.17, 15) is 4.79 Å². The first-order valence-electron chi connectivity index (χ1n) is 9.52. The Morgan fingerprint density at radius 1 is 0.846 bits per heavy atom. The minimum atomic E-state index is -0.0329. The summed E-state index contributed by atoms with van der Waals surface area (Å²) in [6.45, 7) is 10.7. The molecule has 0 saturated heterocycles. The number of imidazole rings is 1. The summed E-state index contributed by atoms with van der Waals surface area (Å²) in [7, 11) is 0. The summed E-state index contributed by atoms with van der Waals surface area (Å²) in [5, 5.41) is 0. The molecule has 0 aliphatic carbocycles.